The van der Waals surface area contributed by atoms with Gasteiger partial charge in [-0.05, 0) is 28.9 Å². The number of pyridine rings is 2. The van der Waals surface area contributed by atoms with Crippen LogP contribution >= 0.6 is 15.9 Å². The maximum absolute atomic E-state index is 12.6. The van der Waals surface area contributed by atoms with E-state index in [4.69, 9.17) is 0 Å². The molecule has 2 heterocycles. The Labute approximate surface area is 129 Å². The molecule has 6 heteroatoms. The first-order valence-corrected chi connectivity index (χ1v) is 7.10. The maximum Gasteiger partial charge on any atom is 0.269 e. The lowest BCUT2D eigenvalue weighted by molar-refractivity contribution is 0.474. The molecule has 0 saturated heterocycles. The Morgan fingerprint density at radius 2 is 1.76 bits per heavy atom. The molecule has 0 saturated carbocycles. The molecule has 0 aliphatic carbocycles. The van der Waals surface area contributed by atoms with Gasteiger partial charge in [-0.25, -0.2) is 0 Å². The molecule has 0 spiro atoms. The van der Waals surface area contributed by atoms with E-state index in [0.717, 1.165) is 0 Å². The summed E-state index contributed by atoms with van der Waals surface area (Å²) in [5.74, 6) is -0.335. The molecule has 1 N–H and O–H groups in total. The minimum Gasteiger partial charge on any atom is -0.506 e. The van der Waals surface area contributed by atoms with Crippen LogP contribution in [0.1, 0.15) is 5.69 Å². The predicted molar refractivity (Wildman–Crippen MR) is 87.0 cm³/mol. The molecule has 0 aliphatic rings. The van der Waals surface area contributed by atoms with E-state index in [1.54, 1.807) is 25.1 Å². The molecule has 5 nitrogen and oxygen atoms in total. The number of nitrogens with zero attached hydrogens (tertiary/aromatic N) is 2. The molecule has 0 unspecified atom stereocenters. The predicted octanol–water partition coefficient (Wildman–Crippen LogP) is 2.31. The number of aromatic hydroxyl groups is 1. The zero-order chi connectivity index (χ0) is 15.7. The van der Waals surface area contributed by atoms with E-state index in [9.17, 15) is 14.7 Å². The third-order valence-electron chi connectivity index (χ3n) is 3.28. The first-order valence-electron chi connectivity index (χ1n) is 6.31. The first-order chi connectivity index (χ1) is 9.93. The van der Waals surface area contributed by atoms with Gasteiger partial charge in [-0.3, -0.25) is 9.59 Å². The SMILES string of the molecule is C=CCn1c(C)cc2c(c(O)c(Br)c(=O)n2CC=C)c1=O. The molecule has 0 aliphatic heterocycles. The van der Waals surface area contributed by atoms with Gasteiger partial charge in [-0.2, -0.15) is 0 Å². The summed E-state index contributed by atoms with van der Waals surface area (Å²) in [6.45, 7) is 9.58. The number of halogens is 1. The highest BCUT2D eigenvalue weighted by Crippen LogP contribution is 2.27. The van der Waals surface area contributed by atoms with Crippen molar-refractivity contribution >= 4 is 26.8 Å². The summed E-state index contributed by atoms with van der Waals surface area (Å²) in [4.78, 5) is 24.8. The van der Waals surface area contributed by atoms with Gasteiger partial charge in [-0.15, -0.1) is 13.2 Å². The summed E-state index contributed by atoms with van der Waals surface area (Å²) < 4.78 is 2.87. The number of aryl methyl sites for hydroxylation is 1. The molecule has 0 radical (unpaired) electrons. The van der Waals surface area contributed by atoms with Gasteiger partial charge < -0.3 is 14.2 Å². The van der Waals surface area contributed by atoms with Crippen molar-refractivity contribution in [3.05, 3.63) is 62.3 Å². The fourth-order valence-corrected chi connectivity index (χ4v) is 2.71. The van der Waals surface area contributed by atoms with Crippen LogP contribution in [0.15, 0.2) is 45.4 Å². The number of hydrogen-bond donors (Lipinski definition) is 1. The molecular formula is C15H15BrN2O3. The molecule has 21 heavy (non-hydrogen) atoms. The van der Waals surface area contributed by atoms with Crippen LogP contribution in [0, 0.1) is 6.92 Å². The fourth-order valence-electron chi connectivity index (χ4n) is 2.29. The largest absolute Gasteiger partial charge is 0.506 e. The van der Waals surface area contributed by atoms with E-state index in [2.05, 4.69) is 29.1 Å². The standard InChI is InChI=1S/C15H15BrN2O3/c1-4-6-17-9(3)8-10-11(14(17)20)13(19)12(16)15(21)18(10)7-5-2/h4-5,8,19H,1-2,6-7H2,3H3. The molecule has 0 amide bonds. The normalized spacial score (nSPS) is 10.8. The second-order valence-corrected chi connectivity index (χ2v) is 5.41. The average molecular weight is 351 g/mol. The van der Waals surface area contributed by atoms with Crippen LogP contribution in [0.2, 0.25) is 0 Å². The van der Waals surface area contributed by atoms with Gasteiger partial charge in [0.1, 0.15) is 15.6 Å². The van der Waals surface area contributed by atoms with Crippen LogP contribution in [-0.4, -0.2) is 14.2 Å². The Hall–Kier alpha value is -2.08. The van der Waals surface area contributed by atoms with Crippen molar-refractivity contribution in [1.29, 1.82) is 0 Å². The molecule has 0 atom stereocenters. The highest BCUT2D eigenvalue weighted by Gasteiger charge is 2.18. The van der Waals surface area contributed by atoms with Gasteiger partial charge in [0.25, 0.3) is 11.1 Å². The number of allylic oxidation sites excluding steroid dienone is 2. The smallest absolute Gasteiger partial charge is 0.269 e. The van der Waals surface area contributed by atoms with Crippen molar-refractivity contribution in [3.63, 3.8) is 0 Å². The van der Waals surface area contributed by atoms with Crippen LogP contribution < -0.4 is 11.1 Å². The Kier molecular flexibility index (Phi) is 4.18. The van der Waals surface area contributed by atoms with E-state index < -0.39 is 5.56 Å². The molecule has 2 aromatic rings. The van der Waals surface area contributed by atoms with Gasteiger partial charge in [0.05, 0.1) is 5.52 Å². The van der Waals surface area contributed by atoms with Crippen LogP contribution in [0.25, 0.3) is 10.9 Å². The third-order valence-corrected chi connectivity index (χ3v) is 3.99. The Morgan fingerprint density at radius 1 is 1.19 bits per heavy atom. The zero-order valence-corrected chi connectivity index (χ0v) is 13.2. The Balaban J connectivity index is 3.08. The van der Waals surface area contributed by atoms with Crippen molar-refractivity contribution in [3.8, 4) is 5.75 Å². The molecule has 110 valence electrons. The first kappa shape index (κ1) is 15.3. The van der Waals surface area contributed by atoms with E-state index >= 15 is 0 Å². The van der Waals surface area contributed by atoms with E-state index in [-0.39, 0.29) is 27.7 Å². The lowest BCUT2D eigenvalue weighted by Crippen LogP contribution is -2.27. The van der Waals surface area contributed by atoms with E-state index in [1.165, 1.54) is 9.13 Å². The number of aromatic nitrogens is 2. The van der Waals surface area contributed by atoms with Crippen molar-refractivity contribution in [2.24, 2.45) is 0 Å². The Morgan fingerprint density at radius 3 is 2.33 bits per heavy atom. The number of fused-ring (bicyclic) bond motifs is 1. The van der Waals surface area contributed by atoms with Gasteiger partial charge in [-0.1, -0.05) is 12.2 Å². The molecule has 2 rings (SSSR count). The van der Waals surface area contributed by atoms with Crippen LogP contribution in [0.4, 0.5) is 0 Å². The van der Waals surface area contributed by atoms with E-state index in [0.29, 0.717) is 17.8 Å². The summed E-state index contributed by atoms with van der Waals surface area (Å²) in [6.07, 6.45) is 3.17. The van der Waals surface area contributed by atoms with Crippen molar-refractivity contribution < 1.29 is 5.11 Å². The number of rotatable bonds is 4. The Bertz CT molecular complexity index is 862. The van der Waals surface area contributed by atoms with Crippen LogP contribution in [-0.2, 0) is 13.1 Å². The number of hydrogen-bond acceptors (Lipinski definition) is 3. The summed E-state index contributed by atoms with van der Waals surface area (Å²) in [6, 6.07) is 1.71. The summed E-state index contributed by atoms with van der Waals surface area (Å²) in [5, 5.41) is 10.3. The highest BCUT2D eigenvalue weighted by atomic mass is 79.9. The lowest BCUT2D eigenvalue weighted by atomic mass is 10.2. The highest BCUT2D eigenvalue weighted by molar-refractivity contribution is 9.10. The minimum absolute atomic E-state index is 0.0250. The van der Waals surface area contributed by atoms with Gasteiger partial charge >= 0.3 is 0 Å². The quantitative estimate of drug-likeness (QED) is 0.860. The second kappa shape index (κ2) is 5.73. The zero-order valence-electron chi connectivity index (χ0n) is 11.6. The minimum atomic E-state index is -0.403. The van der Waals surface area contributed by atoms with Crippen LogP contribution in [0.5, 0.6) is 5.75 Å². The van der Waals surface area contributed by atoms with Gasteiger partial charge in [0.15, 0.2) is 0 Å². The van der Waals surface area contributed by atoms with Crippen molar-refractivity contribution in [2.75, 3.05) is 0 Å². The van der Waals surface area contributed by atoms with Crippen molar-refractivity contribution in [1.82, 2.24) is 9.13 Å². The maximum atomic E-state index is 12.6. The molecule has 0 bridgehead atoms. The summed E-state index contributed by atoms with van der Waals surface area (Å²) in [5.41, 5.74) is 0.316. The van der Waals surface area contributed by atoms with Crippen LogP contribution in [0.3, 0.4) is 0 Å². The third kappa shape index (κ3) is 2.35. The fraction of sp³-hybridized carbons (Fsp3) is 0.200. The van der Waals surface area contributed by atoms with Gasteiger partial charge in [0, 0.05) is 18.8 Å². The summed E-state index contributed by atoms with van der Waals surface area (Å²) in [7, 11) is 0. The van der Waals surface area contributed by atoms with E-state index in [1.807, 2.05) is 0 Å². The molecular weight excluding hydrogens is 336 g/mol. The lowest BCUT2D eigenvalue weighted by Gasteiger charge is -2.15. The van der Waals surface area contributed by atoms with Crippen molar-refractivity contribution in [2.45, 2.75) is 20.0 Å². The average Bonchev–Trinajstić information content (AvgIpc) is 2.45. The van der Waals surface area contributed by atoms with Gasteiger partial charge in [0.2, 0.25) is 0 Å². The topological polar surface area (TPSA) is 64.2 Å². The second-order valence-electron chi connectivity index (χ2n) is 4.62. The molecule has 2 aromatic heterocycles. The molecule has 0 fully saturated rings. The summed E-state index contributed by atoms with van der Waals surface area (Å²) >= 11 is 3.05. The molecule has 0 aromatic carbocycles. The monoisotopic (exact) mass is 350 g/mol.